The number of carbonyl (C=O) groups is 1. The number of isocyanates is 1. The maximum atomic E-state index is 11.9. The van der Waals surface area contributed by atoms with Crippen molar-refractivity contribution in [2.24, 2.45) is 21.5 Å². The zero-order chi connectivity index (χ0) is 15.7. The van der Waals surface area contributed by atoms with Crippen LogP contribution in [-0.4, -0.2) is 24.6 Å². The molecule has 21 heavy (non-hydrogen) atoms. The van der Waals surface area contributed by atoms with Gasteiger partial charge in [0.05, 0.1) is 12.3 Å². The van der Waals surface area contributed by atoms with Crippen LogP contribution in [0.15, 0.2) is 34.3 Å². The molecule has 0 radical (unpaired) electrons. The summed E-state index contributed by atoms with van der Waals surface area (Å²) in [4.78, 5) is 29.7. The SMILES string of the molecule is CCCCOC(=O)C(N=C=O)c1ccc(N=C(N)N)cc1. The highest BCUT2D eigenvalue weighted by atomic mass is 16.5. The van der Waals surface area contributed by atoms with Gasteiger partial charge in [-0.25, -0.2) is 14.6 Å². The van der Waals surface area contributed by atoms with E-state index in [1.807, 2.05) is 6.92 Å². The van der Waals surface area contributed by atoms with Gasteiger partial charge in [-0.05, 0) is 24.1 Å². The molecule has 0 spiro atoms. The van der Waals surface area contributed by atoms with E-state index < -0.39 is 12.0 Å². The van der Waals surface area contributed by atoms with E-state index in [1.54, 1.807) is 24.3 Å². The van der Waals surface area contributed by atoms with Crippen molar-refractivity contribution in [2.75, 3.05) is 6.61 Å². The second-order valence-corrected chi connectivity index (χ2v) is 4.27. The fourth-order valence-electron chi connectivity index (χ4n) is 1.59. The lowest BCUT2D eigenvalue weighted by Gasteiger charge is -2.11. The van der Waals surface area contributed by atoms with Gasteiger partial charge in [0.2, 0.25) is 6.08 Å². The van der Waals surface area contributed by atoms with Gasteiger partial charge in [-0.15, -0.1) is 0 Å². The molecule has 1 aromatic carbocycles. The molecule has 0 aliphatic rings. The van der Waals surface area contributed by atoms with E-state index in [2.05, 4.69) is 9.98 Å². The van der Waals surface area contributed by atoms with Crippen LogP contribution in [0.1, 0.15) is 31.4 Å². The summed E-state index contributed by atoms with van der Waals surface area (Å²) in [5, 5.41) is 0. The molecule has 1 aromatic rings. The quantitative estimate of drug-likeness (QED) is 0.258. The Morgan fingerprint density at radius 1 is 1.33 bits per heavy atom. The van der Waals surface area contributed by atoms with Crippen molar-refractivity contribution in [1.29, 1.82) is 0 Å². The summed E-state index contributed by atoms with van der Waals surface area (Å²) in [7, 11) is 0. The number of hydrogen-bond acceptors (Lipinski definition) is 5. The smallest absolute Gasteiger partial charge is 0.336 e. The van der Waals surface area contributed by atoms with Crippen molar-refractivity contribution in [1.82, 2.24) is 0 Å². The molecule has 112 valence electrons. The van der Waals surface area contributed by atoms with Crippen molar-refractivity contribution in [2.45, 2.75) is 25.8 Å². The van der Waals surface area contributed by atoms with Crippen LogP contribution in [0.5, 0.6) is 0 Å². The normalized spacial score (nSPS) is 11.1. The minimum Gasteiger partial charge on any atom is -0.464 e. The Bertz CT molecular complexity index is 544. The summed E-state index contributed by atoms with van der Waals surface area (Å²) in [6.07, 6.45) is 3.05. The molecule has 7 heteroatoms. The van der Waals surface area contributed by atoms with Crippen LogP contribution in [-0.2, 0) is 14.3 Å². The third-order valence-corrected chi connectivity index (χ3v) is 2.61. The highest BCUT2D eigenvalue weighted by Crippen LogP contribution is 2.22. The van der Waals surface area contributed by atoms with Crippen LogP contribution in [0.2, 0.25) is 0 Å². The Kier molecular flexibility index (Phi) is 6.63. The molecule has 1 atom stereocenters. The average molecular weight is 290 g/mol. The second-order valence-electron chi connectivity index (χ2n) is 4.27. The number of benzene rings is 1. The maximum absolute atomic E-state index is 11.9. The van der Waals surface area contributed by atoms with Gasteiger partial charge in [0.25, 0.3) is 0 Å². The molecule has 0 heterocycles. The van der Waals surface area contributed by atoms with E-state index in [4.69, 9.17) is 16.2 Å². The molecule has 4 N–H and O–H groups in total. The Morgan fingerprint density at radius 2 is 2.00 bits per heavy atom. The largest absolute Gasteiger partial charge is 0.464 e. The molecule has 0 saturated heterocycles. The summed E-state index contributed by atoms with van der Waals surface area (Å²) in [6, 6.07) is 5.42. The summed E-state index contributed by atoms with van der Waals surface area (Å²) in [6.45, 7) is 2.28. The van der Waals surface area contributed by atoms with Crippen molar-refractivity contribution in [3.8, 4) is 0 Å². The third-order valence-electron chi connectivity index (χ3n) is 2.61. The van der Waals surface area contributed by atoms with Gasteiger partial charge in [0.15, 0.2) is 12.0 Å². The first kappa shape index (κ1) is 16.4. The molecule has 7 nitrogen and oxygen atoms in total. The Morgan fingerprint density at radius 3 is 2.52 bits per heavy atom. The zero-order valence-corrected chi connectivity index (χ0v) is 11.8. The highest BCUT2D eigenvalue weighted by molar-refractivity contribution is 5.80. The molecule has 1 unspecified atom stereocenters. The van der Waals surface area contributed by atoms with Crippen LogP contribution in [0.25, 0.3) is 0 Å². The van der Waals surface area contributed by atoms with Crippen molar-refractivity contribution in [3.05, 3.63) is 29.8 Å². The lowest BCUT2D eigenvalue weighted by atomic mass is 10.1. The van der Waals surface area contributed by atoms with Gasteiger partial charge in [0, 0.05) is 0 Å². The number of hydrogen-bond donors (Lipinski definition) is 2. The summed E-state index contributed by atoms with van der Waals surface area (Å²) in [5.41, 5.74) is 11.6. The lowest BCUT2D eigenvalue weighted by Crippen LogP contribution is -2.21. The van der Waals surface area contributed by atoms with E-state index in [-0.39, 0.29) is 5.96 Å². The number of esters is 1. The first-order valence-electron chi connectivity index (χ1n) is 6.51. The highest BCUT2D eigenvalue weighted by Gasteiger charge is 2.21. The van der Waals surface area contributed by atoms with Gasteiger partial charge in [-0.3, -0.25) is 0 Å². The molecule has 0 fully saturated rings. The van der Waals surface area contributed by atoms with Crippen LogP contribution >= 0.6 is 0 Å². The molecule has 1 rings (SSSR count). The first-order valence-corrected chi connectivity index (χ1v) is 6.51. The standard InChI is InChI=1S/C14H18N4O3/c1-2-3-8-21-13(20)12(17-9-19)10-4-6-11(7-5-10)18-14(15)16/h4-7,12H,2-3,8H2,1H3,(H4,15,16,18). The van der Waals surface area contributed by atoms with Crippen molar-refractivity contribution >= 4 is 23.7 Å². The lowest BCUT2D eigenvalue weighted by molar-refractivity contribution is -0.145. The van der Waals surface area contributed by atoms with Gasteiger partial charge in [0.1, 0.15) is 0 Å². The first-order chi connectivity index (χ1) is 10.1. The second kappa shape index (κ2) is 8.50. The minimum absolute atomic E-state index is 0.0656. The summed E-state index contributed by atoms with van der Waals surface area (Å²) < 4.78 is 5.07. The number of guanidine groups is 1. The monoisotopic (exact) mass is 290 g/mol. The maximum Gasteiger partial charge on any atom is 0.336 e. The van der Waals surface area contributed by atoms with Crippen LogP contribution in [0.4, 0.5) is 5.69 Å². The topological polar surface area (TPSA) is 120 Å². The van der Waals surface area contributed by atoms with Gasteiger partial charge >= 0.3 is 5.97 Å². The van der Waals surface area contributed by atoms with Gasteiger partial charge in [-0.1, -0.05) is 25.5 Å². The summed E-state index contributed by atoms with van der Waals surface area (Å²) >= 11 is 0. The Balaban J connectivity index is 2.87. The third kappa shape index (κ3) is 5.46. The van der Waals surface area contributed by atoms with E-state index in [0.29, 0.717) is 17.9 Å². The van der Waals surface area contributed by atoms with E-state index in [1.165, 1.54) is 6.08 Å². The molecule has 0 aliphatic carbocycles. The number of ether oxygens (including phenoxy) is 1. The fraction of sp³-hybridized carbons (Fsp3) is 0.357. The van der Waals surface area contributed by atoms with Gasteiger partial charge < -0.3 is 16.2 Å². The molecule has 0 saturated carbocycles. The van der Waals surface area contributed by atoms with Crippen molar-refractivity contribution < 1.29 is 14.3 Å². The molecular weight excluding hydrogens is 272 g/mol. The van der Waals surface area contributed by atoms with E-state index >= 15 is 0 Å². The predicted molar refractivity (Wildman–Crippen MR) is 78.6 cm³/mol. The predicted octanol–water partition coefficient (Wildman–Crippen LogP) is 1.31. The number of aliphatic imine (C=N–C) groups is 2. The number of carbonyl (C=O) groups excluding carboxylic acids is 2. The van der Waals surface area contributed by atoms with E-state index in [0.717, 1.165) is 12.8 Å². The Hall–Kier alpha value is -2.66. The Labute approximate surface area is 122 Å². The van der Waals surface area contributed by atoms with Crippen molar-refractivity contribution in [3.63, 3.8) is 0 Å². The number of unbranched alkanes of at least 4 members (excludes halogenated alkanes) is 1. The fourth-order valence-corrected chi connectivity index (χ4v) is 1.59. The van der Waals surface area contributed by atoms with Crippen LogP contribution in [0, 0.1) is 0 Å². The number of nitrogens with zero attached hydrogens (tertiary/aromatic N) is 2. The van der Waals surface area contributed by atoms with Gasteiger partial charge in [-0.2, -0.15) is 4.99 Å². The molecule has 0 aliphatic heterocycles. The van der Waals surface area contributed by atoms with Crippen LogP contribution < -0.4 is 11.5 Å². The van der Waals surface area contributed by atoms with Crippen LogP contribution in [0.3, 0.4) is 0 Å². The minimum atomic E-state index is -1.02. The molecule has 0 amide bonds. The summed E-state index contributed by atoms with van der Waals surface area (Å²) in [5.74, 6) is -0.648. The molecule has 0 bridgehead atoms. The number of rotatable bonds is 7. The zero-order valence-electron chi connectivity index (χ0n) is 11.8. The number of nitrogens with two attached hydrogens (primary N) is 2. The van der Waals surface area contributed by atoms with E-state index in [9.17, 15) is 9.59 Å². The average Bonchev–Trinajstić information content (AvgIpc) is 2.45. The molecule has 0 aromatic heterocycles. The molecular formula is C14H18N4O3.